The molecule has 0 saturated heterocycles. The molecule has 37 heavy (non-hydrogen) atoms. The predicted molar refractivity (Wildman–Crippen MR) is 141 cm³/mol. The Kier molecular flexibility index (Phi) is 7.33. The number of rotatable bonds is 8. The van der Waals surface area contributed by atoms with Gasteiger partial charge in [0.1, 0.15) is 29.8 Å². The molecule has 1 aromatic carbocycles. The number of carbonyl (C=O) groups excluding carboxylic acids is 2. The number of fused-ring (bicyclic) bond motifs is 1. The third-order valence-electron chi connectivity index (χ3n) is 7.59. The van der Waals surface area contributed by atoms with Crippen molar-refractivity contribution >= 4 is 17.5 Å². The number of anilines is 1. The molecule has 3 aliphatic rings. The summed E-state index contributed by atoms with van der Waals surface area (Å²) in [5, 5.41) is 9.39. The van der Waals surface area contributed by atoms with E-state index in [1.165, 1.54) is 7.11 Å². The van der Waals surface area contributed by atoms with Gasteiger partial charge < -0.3 is 25.4 Å². The Morgan fingerprint density at radius 1 is 1.11 bits per heavy atom. The van der Waals surface area contributed by atoms with Crippen molar-refractivity contribution < 1.29 is 19.1 Å². The van der Waals surface area contributed by atoms with Crippen molar-refractivity contribution in [3.05, 3.63) is 35.3 Å². The summed E-state index contributed by atoms with van der Waals surface area (Å²) < 4.78 is 11.2. The molecule has 0 radical (unpaired) electrons. The normalized spacial score (nSPS) is 24.6. The quantitative estimate of drug-likeness (QED) is 0.502. The van der Waals surface area contributed by atoms with Crippen molar-refractivity contribution in [1.29, 1.82) is 0 Å². The number of hydrogen-bond donors (Lipinski definition) is 3. The third kappa shape index (κ3) is 5.42. The van der Waals surface area contributed by atoms with Gasteiger partial charge in [0.25, 0.3) is 0 Å². The monoisotopic (exact) mass is 507 g/mol. The van der Waals surface area contributed by atoms with Gasteiger partial charge in [0.15, 0.2) is 0 Å². The zero-order chi connectivity index (χ0) is 26.1. The Morgan fingerprint density at radius 3 is 2.54 bits per heavy atom. The van der Waals surface area contributed by atoms with Gasteiger partial charge in [0, 0.05) is 37.7 Å². The third-order valence-corrected chi connectivity index (χ3v) is 7.59. The van der Waals surface area contributed by atoms with Gasteiger partial charge in [-0.3, -0.25) is 9.59 Å². The maximum Gasteiger partial charge on any atom is 0.246 e. The summed E-state index contributed by atoms with van der Waals surface area (Å²) in [5.74, 6) is 1.19. The highest BCUT2D eigenvalue weighted by atomic mass is 16.5. The fourth-order valence-electron chi connectivity index (χ4n) is 5.49. The van der Waals surface area contributed by atoms with Gasteiger partial charge in [0.2, 0.25) is 11.8 Å². The van der Waals surface area contributed by atoms with Crippen LogP contribution in [-0.2, 0) is 14.3 Å². The molecular weight excluding hydrogens is 470 g/mol. The molecule has 2 fully saturated rings. The lowest BCUT2D eigenvalue weighted by atomic mass is 9.85. The molecule has 1 aromatic heterocycles. The topological polar surface area (TPSA) is 114 Å². The van der Waals surface area contributed by atoms with E-state index >= 15 is 0 Å². The summed E-state index contributed by atoms with van der Waals surface area (Å²) in [6.07, 6.45) is 5.82. The standard InChI is InChI=1S/C28H37N5O4/c1-15-5-12-21(37-19-10-11-19)20(13-15)24-26-25(23(16(2)30-26)28(35)29-3)33-27(32-24)17-6-8-18(9-7-17)31-22(34)14-36-4/h5,12-13,16-19,23,30H,6-11,14H2,1-4H3,(H,29,35)(H,31,34). The number of likely N-dealkylation sites (N-methyl/N-ethyl adjacent to an activating group) is 1. The number of aromatic nitrogens is 2. The van der Waals surface area contributed by atoms with Crippen molar-refractivity contribution in [2.24, 2.45) is 0 Å². The average Bonchev–Trinajstić information content (AvgIpc) is 3.64. The highest BCUT2D eigenvalue weighted by molar-refractivity contribution is 5.92. The van der Waals surface area contributed by atoms with Crippen LogP contribution >= 0.6 is 0 Å². The first kappa shape index (κ1) is 25.4. The molecule has 1 aliphatic heterocycles. The van der Waals surface area contributed by atoms with Crippen molar-refractivity contribution in [1.82, 2.24) is 20.6 Å². The molecule has 2 atom stereocenters. The van der Waals surface area contributed by atoms with E-state index < -0.39 is 5.92 Å². The number of ether oxygens (including phenoxy) is 2. The molecule has 9 heteroatoms. The number of hydrogen-bond acceptors (Lipinski definition) is 7. The van der Waals surface area contributed by atoms with Gasteiger partial charge in [0.05, 0.1) is 17.5 Å². The second-order valence-electron chi connectivity index (χ2n) is 10.6. The van der Waals surface area contributed by atoms with Crippen LogP contribution in [0.1, 0.15) is 74.4 Å². The van der Waals surface area contributed by atoms with Gasteiger partial charge in [-0.05, 0) is 64.5 Å². The molecule has 2 aromatic rings. The number of carbonyl (C=O) groups is 2. The smallest absolute Gasteiger partial charge is 0.246 e. The van der Waals surface area contributed by atoms with Crippen molar-refractivity contribution in [2.45, 2.75) is 82.4 Å². The lowest BCUT2D eigenvalue weighted by molar-refractivity contribution is -0.125. The highest BCUT2D eigenvalue weighted by Gasteiger charge is 2.40. The number of aryl methyl sites for hydroxylation is 1. The van der Waals surface area contributed by atoms with E-state index in [0.29, 0.717) is 0 Å². The molecule has 0 spiro atoms. The number of amides is 2. The molecule has 2 heterocycles. The summed E-state index contributed by atoms with van der Waals surface area (Å²) >= 11 is 0. The maximum absolute atomic E-state index is 12.9. The van der Waals surface area contributed by atoms with Crippen molar-refractivity contribution in [3.63, 3.8) is 0 Å². The molecule has 2 amide bonds. The second kappa shape index (κ2) is 10.7. The van der Waals surface area contributed by atoms with E-state index in [9.17, 15) is 9.59 Å². The van der Waals surface area contributed by atoms with Gasteiger partial charge in [-0.2, -0.15) is 0 Å². The first-order valence-corrected chi connectivity index (χ1v) is 13.3. The molecule has 0 bridgehead atoms. The van der Waals surface area contributed by atoms with Crippen molar-refractivity contribution in [2.75, 3.05) is 26.1 Å². The number of nitrogens with zero attached hydrogens (tertiary/aromatic N) is 2. The van der Waals surface area contributed by atoms with Crippen LogP contribution in [0.3, 0.4) is 0 Å². The Morgan fingerprint density at radius 2 is 1.86 bits per heavy atom. The van der Waals surface area contributed by atoms with Crippen LogP contribution in [0.25, 0.3) is 11.3 Å². The summed E-state index contributed by atoms with van der Waals surface area (Å²) in [6.45, 7) is 4.15. The summed E-state index contributed by atoms with van der Waals surface area (Å²) in [7, 11) is 3.19. The summed E-state index contributed by atoms with van der Waals surface area (Å²) in [4.78, 5) is 35.1. The largest absolute Gasteiger partial charge is 0.490 e. The zero-order valence-electron chi connectivity index (χ0n) is 22.1. The molecule has 3 N–H and O–H groups in total. The number of nitrogens with one attached hydrogen (secondary N) is 3. The van der Waals surface area contributed by atoms with Crippen LogP contribution in [0.15, 0.2) is 18.2 Å². The lowest BCUT2D eigenvalue weighted by Gasteiger charge is -2.29. The molecule has 9 nitrogen and oxygen atoms in total. The Bertz CT molecular complexity index is 1170. The van der Waals surface area contributed by atoms with Crippen LogP contribution in [0.4, 0.5) is 5.69 Å². The lowest BCUT2D eigenvalue weighted by Crippen LogP contribution is -2.39. The van der Waals surface area contributed by atoms with Crippen LogP contribution in [-0.4, -0.2) is 60.7 Å². The van der Waals surface area contributed by atoms with Crippen LogP contribution < -0.4 is 20.7 Å². The van der Waals surface area contributed by atoms with E-state index in [1.807, 2.05) is 13.0 Å². The Labute approximate surface area is 218 Å². The average molecular weight is 508 g/mol. The minimum absolute atomic E-state index is 0.0578. The summed E-state index contributed by atoms with van der Waals surface area (Å²) in [6, 6.07) is 6.23. The molecule has 2 saturated carbocycles. The van der Waals surface area contributed by atoms with E-state index in [1.54, 1.807) is 7.05 Å². The minimum Gasteiger partial charge on any atom is -0.490 e. The Balaban J connectivity index is 1.51. The fraction of sp³-hybridized carbons (Fsp3) is 0.571. The second-order valence-corrected chi connectivity index (χ2v) is 10.6. The summed E-state index contributed by atoms with van der Waals surface area (Å²) in [5.41, 5.74) is 4.42. The first-order valence-electron chi connectivity index (χ1n) is 13.3. The molecule has 198 valence electrons. The SMILES string of the molecule is CNC(=O)C1c2nc(C3CCC(NC(=O)COC)CC3)nc(-c3cc(C)ccc3OC3CC3)c2NC1C. The van der Waals surface area contributed by atoms with E-state index in [2.05, 4.69) is 35.0 Å². The van der Waals surface area contributed by atoms with Gasteiger partial charge >= 0.3 is 0 Å². The fourth-order valence-corrected chi connectivity index (χ4v) is 5.49. The van der Waals surface area contributed by atoms with E-state index in [4.69, 9.17) is 19.4 Å². The Hall–Kier alpha value is -3.20. The zero-order valence-corrected chi connectivity index (χ0v) is 22.1. The maximum atomic E-state index is 12.9. The van der Waals surface area contributed by atoms with E-state index in [0.717, 1.165) is 78.3 Å². The molecule has 5 rings (SSSR count). The van der Waals surface area contributed by atoms with Crippen molar-refractivity contribution in [3.8, 4) is 17.0 Å². The predicted octanol–water partition coefficient (Wildman–Crippen LogP) is 3.43. The first-order chi connectivity index (χ1) is 17.9. The van der Waals surface area contributed by atoms with Gasteiger partial charge in [-0.1, -0.05) is 11.6 Å². The van der Waals surface area contributed by atoms with Gasteiger partial charge in [-0.25, -0.2) is 9.97 Å². The van der Waals surface area contributed by atoms with E-state index in [-0.39, 0.29) is 42.5 Å². The van der Waals surface area contributed by atoms with Crippen LogP contribution in [0.2, 0.25) is 0 Å². The molecular formula is C28H37N5O4. The van der Waals surface area contributed by atoms with Crippen LogP contribution in [0, 0.1) is 6.92 Å². The highest BCUT2D eigenvalue weighted by Crippen LogP contribution is 2.45. The minimum atomic E-state index is -0.400. The number of methoxy groups -OCH3 is 1. The van der Waals surface area contributed by atoms with Gasteiger partial charge in [-0.15, -0.1) is 0 Å². The number of benzene rings is 1. The van der Waals surface area contributed by atoms with Crippen LogP contribution in [0.5, 0.6) is 5.75 Å². The molecule has 2 unspecified atom stereocenters. The molecule has 2 aliphatic carbocycles.